The summed E-state index contributed by atoms with van der Waals surface area (Å²) >= 11 is 0. The van der Waals surface area contributed by atoms with Gasteiger partial charge in [0.15, 0.2) is 0 Å². The fraction of sp³-hybridized carbons (Fsp3) is 0.412. The van der Waals surface area contributed by atoms with Gasteiger partial charge < -0.3 is 0 Å². The van der Waals surface area contributed by atoms with E-state index in [0.29, 0.717) is 6.04 Å². The predicted octanol–water partition coefficient (Wildman–Crippen LogP) is 3.25. The lowest BCUT2D eigenvalue weighted by Crippen LogP contribution is -2.35. The van der Waals surface area contributed by atoms with Gasteiger partial charge in [0.05, 0.1) is 11.7 Å². The second-order valence-corrected chi connectivity index (χ2v) is 5.41. The maximum absolute atomic E-state index is 4.50. The van der Waals surface area contributed by atoms with Crippen molar-refractivity contribution in [3.05, 3.63) is 60.2 Å². The SMILES string of the molecule is c1ccc(CCN2CCCCC2c2cnccn2)cc1. The van der Waals surface area contributed by atoms with Crippen molar-refractivity contribution in [3.63, 3.8) is 0 Å². The Morgan fingerprint density at radius 3 is 2.80 bits per heavy atom. The van der Waals surface area contributed by atoms with Gasteiger partial charge in [-0.2, -0.15) is 0 Å². The van der Waals surface area contributed by atoms with Crippen molar-refractivity contribution in [2.75, 3.05) is 13.1 Å². The molecule has 0 radical (unpaired) electrons. The molecule has 1 fully saturated rings. The van der Waals surface area contributed by atoms with Gasteiger partial charge in [-0.05, 0) is 31.4 Å². The fourth-order valence-electron chi connectivity index (χ4n) is 2.99. The van der Waals surface area contributed by atoms with Crippen molar-refractivity contribution in [2.24, 2.45) is 0 Å². The summed E-state index contributed by atoms with van der Waals surface area (Å²) in [6.45, 7) is 2.28. The Bertz CT molecular complexity index is 512. The number of benzene rings is 1. The highest BCUT2D eigenvalue weighted by Crippen LogP contribution is 2.29. The topological polar surface area (TPSA) is 29.0 Å². The summed E-state index contributed by atoms with van der Waals surface area (Å²) in [6, 6.07) is 11.2. The first-order valence-electron chi connectivity index (χ1n) is 7.47. The Morgan fingerprint density at radius 1 is 1.10 bits per heavy atom. The molecule has 0 saturated carbocycles. The van der Waals surface area contributed by atoms with E-state index in [4.69, 9.17) is 0 Å². The molecule has 1 aliphatic rings. The van der Waals surface area contributed by atoms with Gasteiger partial charge in [-0.15, -0.1) is 0 Å². The van der Waals surface area contributed by atoms with Crippen LogP contribution in [-0.4, -0.2) is 28.0 Å². The van der Waals surface area contributed by atoms with E-state index in [-0.39, 0.29) is 0 Å². The summed E-state index contributed by atoms with van der Waals surface area (Å²) in [7, 11) is 0. The third-order valence-electron chi connectivity index (χ3n) is 4.07. The summed E-state index contributed by atoms with van der Waals surface area (Å²) in [6.07, 6.45) is 10.4. The van der Waals surface area contributed by atoms with Crippen LogP contribution in [0.25, 0.3) is 0 Å². The van der Waals surface area contributed by atoms with Gasteiger partial charge in [-0.3, -0.25) is 14.9 Å². The van der Waals surface area contributed by atoms with Crippen molar-refractivity contribution in [2.45, 2.75) is 31.7 Å². The van der Waals surface area contributed by atoms with E-state index in [0.717, 1.165) is 18.7 Å². The Kier molecular flexibility index (Phi) is 4.38. The van der Waals surface area contributed by atoms with Crippen LogP contribution in [0.3, 0.4) is 0 Å². The number of hydrogen-bond acceptors (Lipinski definition) is 3. The van der Waals surface area contributed by atoms with Gasteiger partial charge in [0, 0.05) is 25.1 Å². The number of piperidine rings is 1. The molecule has 0 N–H and O–H groups in total. The predicted molar refractivity (Wildman–Crippen MR) is 80.3 cm³/mol. The molecule has 0 amide bonds. The Hall–Kier alpha value is -1.74. The average molecular weight is 267 g/mol. The van der Waals surface area contributed by atoms with Crippen molar-refractivity contribution in [1.82, 2.24) is 14.9 Å². The summed E-state index contributed by atoms with van der Waals surface area (Å²) in [5, 5.41) is 0. The van der Waals surface area contributed by atoms with E-state index in [9.17, 15) is 0 Å². The van der Waals surface area contributed by atoms with Crippen molar-refractivity contribution in [1.29, 1.82) is 0 Å². The number of nitrogens with zero attached hydrogens (tertiary/aromatic N) is 3. The normalized spacial score (nSPS) is 19.9. The highest BCUT2D eigenvalue weighted by molar-refractivity contribution is 5.15. The first kappa shape index (κ1) is 13.3. The molecule has 1 aliphatic heterocycles. The zero-order valence-electron chi connectivity index (χ0n) is 11.8. The molecule has 3 nitrogen and oxygen atoms in total. The third-order valence-corrected chi connectivity index (χ3v) is 4.07. The Morgan fingerprint density at radius 2 is 2.00 bits per heavy atom. The van der Waals surface area contributed by atoms with Crippen LogP contribution in [0.2, 0.25) is 0 Å². The minimum absolute atomic E-state index is 0.446. The van der Waals surface area contributed by atoms with Crippen LogP contribution in [-0.2, 0) is 6.42 Å². The van der Waals surface area contributed by atoms with Gasteiger partial charge in [-0.1, -0.05) is 36.8 Å². The lowest BCUT2D eigenvalue weighted by atomic mass is 9.98. The monoisotopic (exact) mass is 267 g/mol. The van der Waals surface area contributed by atoms with E-state index < -0.39 is 0 Å². The molecule has 0 bridgehead atoms. The second kappa shape index (κ2) is 6.62. The largest absolute Gasteiger partial charge is 0.294 e. The van der Waals surface area contributed by atoms with Gasteiger partial charge in [0.2, 0.25) is 0 Å². The minimum atomic E-state index is 0.446. The van der Waals surface area contributed by atoms with Crippen LogP contribution in [0.1, 0.15) is 36.6 Å². The average Bonchev–Trinajstić information content (AvgIpc) is 2.55. The van der Waals surface area contributed by atoms with Crippen LogP contribution in [0.15, 0.2) is 48.9 Å². The molecule has 104 valence electrons. The molecular weight excluding hydrogens is 246 g/mol. The maximum Gasteiger partial charge on any atom is 0.0758 e. The zero-order chi connectivity index (χ0) is 13.6. The van der Waals surface area contributed by atoms with E-state index in [1.807, 2.05) is 6.20 Å². The smallest absolute Gasteiger partial charge is 0.0758 e. The van der Waals surface area contributed by atoms with E-state index in [1.54, 1.807) is 12.4 Å². The Balaban J connectivity index is 1.67. The molecule has 0 aliphatic carbocycles. The highest BCUT2D eigenvalue weighted by Gasteiger charge is 2.24. The van der Waals surface area contributed by atoms with E-state index >= 15 is 0 Å². The third kappa shape index (κ3) is 3.23. The molecule has 1 atom stereocenters. The number of rotatable bonds is 4. The first-order valence-corrected chi connectivity index (χ1v) is 7.47. The second-order valence-electron chi connectivity index (χ2n) is 5.41. The molecule has 1 aromatic carbocycles. The van der Waals surface area contributed by atoms with Crippen LogP contribution in [0.5, 0.6) is 0 Å². The van der Waals surface area contributed by atoms with Crippen LogP contribution < -0.4 is 0 Å². The molecule has 0 spiro atoms. The molecule has 1 saturated heterocycles. The molecule has 3 heteroatoms. The van der Waals surface area contributed by atoms with Crippen LogP contribution in [0, 0.1) is 0 Å². The van der Waals surface area contributed by atoms with E-state index in [2.05, 4.69) is 45.2 Å². The minimum Gasteiger partial charge on any atom is -0.294 e. The molecule has 1 aromatic heterocycles. The lowest BCUT2D eigenvalue weighted by molar-refractivity contribution is 0.147. The summed E-state index contributed by atoms with van der Waals surface area (Å²) in [4.78, 5) is 11.3. The van der Waals surface area contributed by atoms with Crippen LogP contribution in [0.4, 0.5) is 0 Å². The number of likely N-dealkylation sites (tertiary alicyclic amines) is 1. The summed E-state index contributed by atoms with van der Waals surface area (Å²) in [5.41, 5.74) is 2.54. The number of hydrogen-bond donors (Lipinski definition) is 0. The Labute approximate surface area is 120 Å². The molecule has 2 heterocycles. The summed E-state index contributed by atoms with van der Waals surface area (Å²) in [5.74, 6) is 0. The van der Waals surface area contributed by atoms with Crippen molar-refractivity contribution in [3.8, 4) is 0 Å². The van der Waals surface area contributed by atoms with E-state index in [1.165, 1.54) is 31.4 Å². The lowest BCUT2D eigenvalue weighted by Gasteiger charge is -2.35. The van der Waals surface area contributed by atoms with Crippen molar-refractivity contribution >= 4 is 0 Å². The maximum atomic E-state index is 4.50. The van der Waals surface area contributed by atoms with Gasteiger partial charge in [-0.25, -0.2) is 0 Å². The standard InChI is InChI=1S/C17H21N3/c1-2-6-15(7-3-1)9-13-20-12-5-4-8-17(20)16-14-18-10-11-19-16/h1-3,6-7,10-11,14,17H,4-5,8-9,12-13H2. The number of aromatic nitrogens is 2. The highest BCUT2D eigenvalue weighted by atomic mass is 15.2. The van der Waals surface area contributed by atoms with Gasteiger partial charge in [0.25, 0.3) is 0 Å². The molecular formula is C17H21N3. The van der Waals surface area contributed by atoms with Gasteiger partial charge in [0.1, 0.15) is 0 Å². The molecule has 3 rings (SSSR count). The molecule has 2 aromatic rings. The summed E-state index contributed by atoms with van der Waals surface area (Å²) < 4.78 is 0. The quantitative estimate of drug-likeness (QED) is 0.851. The molecule has 1 unspecified atom stereocenters. The zero-order valence-corrected chi connectivity index (χ0v) is 11.8. The van der Waals surface area contributed by atoms with Crippen LogP contribution >= 0.6 is 0 Å². The van der Waals surface area contributed by atoms with Gasteiger partial charge >= 0.3 is 0 Å². The fourth-order valence-corrected chi connectivity index (χ4v) is 2.99. The molecule has 20 heavy (non-hydrogen) atoms. The first-order chi connectivity index (χ1) is 9.93. The van der Waals surface area contributed by atoms with Crippen molar-refractivity contribution < 1.29 is 0 Å².